The van der Waals surface area contributed by atoms with Crippen LogP contribution >= 0.6 is 0 Å². The van der Waals surface area contributed by atoms with E-state index in [1.54, 1.807) is 12.4 Å². The van der Waals surface area contributed by atoms with E-state index < -0.39 is 14.0 Å². The highest BCUT2D eigenvalue weighted by Gasteiger charge is 2.16. The molecule has 0 aliphatic rings. The highest BCUT2D eigenvalue weighted by atomic mass is 28.3. The molecule has 10 heteroatoms. The van der Waals surface area contributed by atoms with Gasteiger partial charge >= 0.3 is 5.97 Å². The topological polar surface area (TPSA) is 106 Å². The number of aliphatic hydroxyl groups excluding tert-OH is 1. The second-order valence-electron chi connectivity index (χ2n) is 10.3. The highest BCUT2D eigenvalue weighted by Crippen LogP contribution is 2.15. The van der Waals surface area contributed by atoms with Crippen molar-refractivity contribution in [1.29, 1.82) is 0 Å². The number of aliphatic carboxylic acids is 1. The zero-order chi connectivity index (χ0) is 26.0. The predicted octanol–water partition coefficient (Wildman–Crippen LogP) is 3.60. The Morgan fingerprint density at radius 2 is 1.58 bits per heavy atom. The summed E-state index contributed by atoms with van der Waals surface area (Å²) >= 11 is 0. The van der Waals surface area contributed by atoms with Crippen molar-refractivity contribution < 1.29 is 19.7 Å². The van der Waals surface area contributed by atoms with Gasteiger partial charge in [-0.2, -0.15) is 0 Å². The zero-order valence-corrected chi connectivity index (χ0v) is 22.6. The van der Waals surface area contributed by atoms with Crippen molar-refractivity contribution in [1.82, 2.24) is 24.0 Å². The van der Waals surface area contributed by atoms with Gasteiger partial charge in [0.2, 0.25) is 0 Å². The lowest BCUT2D eigenvalue weighted by Crippen LogP contribution is -2.26. The molecule has 2 heterocycles. The lowest BCUT2D eigenvalue weighted by atomic mass is 10.1. The fourth-order valence-corrected chi connectivity index (χ4v) is 4.61. The van der Waals surface area contributed by atoms with Crippen LogP contribution in [0.2, 0.25) is 25.7 Å². The molecule has 0 atom stereocenters. The number of carboxylic acids is 1. The summed E-state index contributed by atoms with van der Waals surface area (Å²) in [4.78, 5) is 22.4. The summed E-state index contributed by atoms with van der Waals surface area (Å²) in [6.45, 7) is 11.0. The van der Waals surface area contributed by atoms with Gasteiger partial charge in [0.25, 0.3) is 0 Å². The van der Waals surface area contributed by atoms with E-state index >= 15 is 0 Å². The van der Waals surface area contributed by atoms with Gasteiger partial charge in [-0.1, -0.05) is 43.9 Å². The number of hydrogen-bond acceptors (Lipinski definition) is 6. The molecule has 0 aliphatic heterocycles. The van der Waals surface area contributed by atoms with E-state index in [2.05, 4.69) is 39.1 Å². The van der Waals surface area contributed by atoms with Gasteiger partial charge in [0.05, 0.1) is 19.5 Å². The number of nitrogens with zero attached hydrogens (tertiary/aromatic N) is 5. The zero-order valence-electron chi connectivity index (χ0n) is 21.6. The van der Waals surface area contributed by atoms with E-state index in [1.165, 1.54) is 0 Å². The first-order valence-electron chi connectivity index (χ1n) is 12.4. The third-order valence-corrected chi connectivity index (χ3v) is 7.61. The minimum Gasteiger partial charge on any atom is -0.481 e. The molecule has 0 unspecified atom stereocenters. The van der Waals surface area contributed by atoms with Crippen LogP contribution in [-0.4, -0.2) is 61.5 Å². The Labute approximate surface area is 214 Å². The number of benzene rings is 1. The summed E-state index contributed by atoms with van der Waals surface area (Å²) in [5.41, 5.74) is 1.87. The molecular formula is C26H39N5O4Si. The van der Waals surface area contributed by atoms with Crippen LogP contribution in [0.15, 0.2) is 49.1 Å². The molecular weight excluding hydrogens is 474 g/mol. The Kier molecular flexibility index (Phi) is 10.4. The van der Waals surface area contributed by atoms with Crippen LogP contribution in [0.25, 0.3) is 0 Å². The molecule has 0 bridgehead atoms. The van der Waals surface area contributed by atoms with Crippen LogP contribution in [-0.2, 0) is 48.9 Å². The number of aromatic nitrogens is 4. The van der Waals surface area contributed by atoms with E-state index in [0.717, 1.165) is 35.4 Å². The summed E-state index contributed by atoms with van der Waals surface area (Å²) in [5, 5.41) is 18.3. The van der Waals surface area contributed by atoms with Gasteiger partial charge < -0.3 is 24.1 Å². The fraction of sp³-hybridized carbons (Fsp3) is 0.500. The Bertz CT molecular complexity index is 1070. The standard InChI is InChI=1S/C26H39N5O4Si/c1-36(2,3)16-15-35-21-31-13-10-28-25(31)20-29(19-24-27-9-12-30(24)11-4-14-32)18-23-7-5-22(6-8-23)17-26(33)34/h5-10,12-13,32H,4,11,14-21H2,1-3H3,(H,33,34). The third kappa shape index (κ3) is 9.34. The van der Waals surface area contributed by atoms with Gasteiger partial charge in [-0.25, -0.2) is 9.97 Å². The van der Waals surface area contributed by atoms with E-state index in [9.17, 15) is 9.90 Å². The summed E-state index contributed by atoms with van der Waals surface area (Å²) < 4.78 is 10.1. The number of rotatable bonds is 16. The molecule has 196 valence electrons. The summed E-state index contributed by atoms with van der Waals surface area (Å²) in [5.74, 6) is 1.01. The summed E-state index contributed by atoms with van der Waals surface area (Å²) in [6.07, 6.45) is 8.17. The second kappa shape index (κ2) is 13.5. The van der Waals surface area contributed by atoms with Crippen molar-refractivity contribution in [3.05, 3.63) is 71.8 Å². The van der Waals surface area contributed by atoms with Crippen LogP contribution < -0.4 is 0 Å². The lowest BCUT2D eigenvalue weighted by Gasteiger charge is -2.23. The van der Waals surface area contributed by atoms with Crippen LogP contribution in [0.1, 0.15) is 29.2 Å². The monoisotopic (exact) mass is 513 g/mol. The van der Waals surface area contributed by atoms with Gasteiger partial charge in [0.15, 0.2) is 0 Å². The molecule has 0 radical (unpaired) electrons. The summed E-state index contributed by atoms with van der Waals surface area (Å²) in [7, 11) is -1.14. The average molecular weight is 514 g/mol. The van der Waals surface area contributed by atoms with E-state index in [0.29, 0.717) is 39.3 Å². The number of imidazole rings is 2. The van der Waals surface area contributed by atoms with Crippen molar-refractivity contribution in [3.63, 3.8) is 0 Å². The molecule has 0 fully saturated rings. The number of aryl methyl sites for hydroxylation is 1. The third-order valence-electron chi connectivity index (χ3n) is 5.90. The van der Waals surface area contributed by atoms with E-state index in [-0.39, 0.29) is 13.0 Å². The van der Waals surface area contributed by atoms with Crippen molar-refractivity contribution in [2.75, 3.05) is 13.2 Å². The molecule has 0 saturated carbocycles. The van der Waals surface area contributed by atoms with E-state index in [4.69, 9.17) is 9.84 Å². The molecule has 2 N–H and O–H groups in total. The molecule has 0 saturated heterocycles. The highest BCUT2D eigenvalue weighted by molar-refractivity contribution is 6.76. The SMILES string of the molecule is C[Si](C)(C)CCOCn1ccnc1CN(Cc1ccc(CC(=O)O)cc1)Cc1nccn1CCCO. The molecule has 0 amide bonds. The number of aliphatic hydroxyl groups is 1. The van der Waals surface area contributed by atoms with Gasteiger partial charge in [-0.3, -0.25) is 9.69 Å². The average Bonchev–Trinajstić information content (AvgIpc) is 3.44. The molecule has 0 spiro atoms. The molecule has 36 heavy (non-hydrogen) atoms. The quantitative estimate of drug-likeness (QED) is 0.223. The molecule has 9 nitrogen and oxygen atoms in total. The second-order valence-corrected chi connectivity index (χ2v) is 15.9. The minimum absolute atomic E-state index is 0.0153. The van der Waals surface area contributed by atoms with Gasteiger partial charge in [0, 0.05) is 59.2 Å². The first-order valence-corrected chi connectivity index (χ1v) is 16.1. The molecule has 1 aromatic carbocycles. The number of carbonyl (C=O) groups is 1. The van der Waals surface area contributed by atoms with Crippen molar-refractivity contribution in [2.45, 2.75) is 71.4 Å². The number of ether oxygens (including phenoxy) is 1. The first kappa shape index (κ1) is 27.8. The molecule has 0 aliphatic carbocycles. The molecule has 3 rings (SSSR count). The Hall–Kier alpha value is -2.79. The number of carboxylic acid groups (broad SMARTS) is 1. The molecule has 2 aromatic heterocycles. The van der Waals surface area contributed by atoms with Gasteiger partial charge in [-0.05, 0) is 23.6 Å². The van der Waals surface area contributed by atoms with Crippen molar-refractivity contribution in [2.24, 2.45) is 0 Å². The maximum atomic E-state index is 11.0. The van der Waals surface area contributed by atoms with Crippen LogP contribution in [0.5, 0.6) is 0 Å². The predicted molar refractivity (Wildman–Crippen MR) is 141 cm³/mol. The maximum absolute atomic E-state index is 11.0. The fourth-order valence-electron chi connectivity index (χ4n) is 3.85. The van der Waals surface area contributed by atoms with Gasteiger partial charge in [0.1, 0.15) is 18.4 Å². The van der Waals surface area contributed by atoms with E-state index in [1.807, 2.05) is 41.2 Å². The van der Waals surface area contributed by atoms with Crippen LogP contribution in [0, 0.1) is 0 Å². The maximum Gasteiger partial charge on any atom is 0.307 e. The number of hydrogen-bond donors (Lipinski definition) is 2. The Morgan fingerprint density at radius 3 is 2.19 bits per heavy atom. The lowest BCUT2D eigenvalue weighted by molar-refractivity contribution is -0.136. The van der Waals surface area contributed by atoms with Crippen LogP contribution in [0.3, 0.4) is 0 Å². The summed E-state index contributed by atoms with van der Waals surface area (Å²) in [6, 6.07) is 8.83. The van der Waals surface area contributed by atoms with Crippen molar-refractivity contribution in [3.8, 4) is 0 Å². The largest absolute Gasteiger partial charge is 0.481 e. The normalized spacial score (nSPS) is 11.9. The van der Waals surface area contributed by atoms with Gasteiger partial charge in [-0.15, -0.1) is 0 Å². The first-order chi connectivity index (χ1) is 17.2. The minimum atomic E-state index is -1.14. The van der Waals surface area contributed by atoms with Crippen LogP contribution in [0.4, 0.5) is 0 Å². The molecule has 3 aromatic rings. The Balaban J connectivity index is 1.72. The Morgan fingerprint density at radius 1 is 0.972 bits per heavy atom. The smallest absolute Gasteiger partial charge is 0.307 e. The van der Waals surface area contributed by atoms with Crippen molar-refractivity contribution >= 4 is 14.0 Å².